The van der Waals surface area contributed by atoms with E-state index in [1.807, 2.05) is 36.4 Å². The molecule has 2 aliphatic rings. The number of amides is 1. The number of nitrogens with zero attached hydrogens (tertiary/aromatic N) is 2. The van der Waals surface area contributed by atoms with Gasteiger partial charge in [-0.25, -0.2) is 4.79 Å². The molecule has 0 radical (unpaired) electrons. The van der Waals surface area contributed by atoms with Gasteiger partial charge in [0.2, 0.25) is 0 Å². The van der Waals surface area contributed by atoms with Crippen molar-refractivity contribution in [2.24, 2.45) is 0 Å². The number of anilines is 1. The molecule has 154 valence electrons. The Morgan fingerprint density at radius 2 is 1.76 bits per heavy atom. The van der Waals surface area contributed by atoms with E-state index in [2.05, 4.69) is 4.90 Å². The summed E-state index contributed by atoms with van der Waals surface area (Å²) in [6.07, 6.45) is 1.26. The Balaban J connectivity index is 1.55. The third-order valence-electron chi connectivity index (χ3n) is 5.35. The number of ether oxygens (including phenoxy) is 2. The standard InChI is InChI=1S/C22H26N2O4S/c1-16(20(25)23-9-5-6-10-23)28-22(26)19-15-18(17-7-3-2-4-8-17)21(29-19)24-11-13-27-14-12-24/h2-4,7-8,15-16H,5-6,9-14H2,1H3/t16-/m0/s1. The predicted octanol–water partition coefficient (Wildman–Crippen LogP) is 3.42. The van der Waals surface area contributed by atoms with Gasteiger partial charge in [-0.3, -0.25) is 4.79 Å². The maximum atomic E-state index is 12.8. The zero-order valence-corrected chi connectivity index (χ0v) is 17.5. The molecule has 1 amide bonds. The smallest absolute Gasteiger partial charge is 0.349 e. The summed E-state index contributed by atoms with van der Waals surface area (Å²) in [4.78, 5) is 29.9. The van der Waals surface area contributed by atoms with Gasteiger partial charge in [0.1, 0.15) is 4.88 Å². The lowest BCUT2D eigenvalue weighted by Crippen LogP contribution is -2.38. The molecule has 1 atom stereocenters. The first-order chi connectivity index (χ1) is 14.1. The summed E-state index contributed by atoms with van der Waals surface area (Å²) in [7, 11) is 0. The maximum Gasteiger partial charge on any atom is 0.349 e. The van der Waals surface area contributed by atoms with Gasteiger partial charge in [-0.2, -0.15) is 0 Å². The summed E-state index contributed by atoms with van der Waals surface area (Å²) in [5.41, 5.74) is 2.08. The number of hydrogen-bond acceptors (Lipinski definition) is 6. The highest BCUT2D eigenvalue weighted by Gasteiger charge is 2.28. The lowest BCUT2D eigenvalue weighted by Gasteiger charge is -2.28. The van der Waals surface area contributed by atoms with E-state index in [9.17, 15) is 9.59 Å². The number of carbonyl (C=O) groups is 2. The minimum absolute atomic E-state index is 0.107. The van der Waals surface area contributed by atoms with Crippen molar-refractivity contribution in [1.29, 1.82) is 0 Å². The third kappa shape index (κ3) is 4.46. The zero-order chi connectivity index (χ0) is 20.2. The van der Waals surface area contributed by atoms with Crippen LogP contribution in [0.4, 0.5) is 5.00 Å². The summed E-state index contributed by atoms with van der Waals surface area (Å²) >= 11 is 1.43. The predicted molar refractivity (Wildman–Crippen MR) is 113 cm³/mol. The molecule has 0 saturated carbocycles. The first-order valence-electron chi connectivity index (χ1n) is 10.1. The van der Waals surface area contributed by atoms with Crippen molar-refractivity contribution in [3.8, 4) is 11.1 Å². The molecule has 2 aliphatic heterocycles. The minimum Gasteiger partial charge on any atom is -0.448 e. The number of morpholine rings is 1. The SMILES string of the molecule is C[C@H](OC(=O)c1cc(-c2ccccc2)c(N2CCOCC2)s1)C(=O)N1CCCC1. The Labute approximate surface area is 175 Å². The van der Waals surface area contributed by atoms with Crippen LogP contribution in [-0.2, 0) is 14.3 Å². The Bertz CT molecular complexity index is 855. The summed E-state index contributed by atoms with van der Waals surface area (Å²) in [6.45, 7) is 6.09. The van der Waals surface area contributed by atoms with E-state index in [1.165, 1.54) is 11.3 Å². The number of likely N-dealkylation sites (tertiary alicyclic amines) is 1. The number of benzene rings is 1. The van der Waals surface area contributed by atoms with Gasteiger partial charge < -0.3 is 19.3 Å². The average Bonchev–Trinajstić information content (AvgIpc) is 3.45. The number of carbonyl (C=O) groups excluding carboxylic acids is 2. The van der Waals surface area contributed by atoms with Crippen molar-refractivity contribution in [3.63, 3.8) is 0 Å². The van der Waals surface area contributed by atoms with Gasteiger partial charge in [0, 0.05) is 31.7 Å². The van der Waals surface area contributed by atoms with Gasteiger partial charge in [0.25, 0.3) is 5.91 Å². The van der Waals surface area contributed by atoms with Crippen LogP contribution < -0.4 is 4.90 Å². The Hall–Kier alpha value is -2.38. The number of thiophene rings is 1. The first-order valence-corrected chi connectivity index (χ1v) is 11.0. The molecule has 29 heavy (non-hydrogen) atoms. The second kappa shape index (κ2) is 8.97. The highest BCUT2D eigenvalue weighted by molar-refractivity contribution is 7.18. The van der Waals surface area contributed by atoms with Gasteiger partial charge in [0.15, 0.2) is 6.10 Å². The van der Waals surface area contributed by atoms with E-state index in [0.29, 0.717) is 18.1 Å². The quantitative estimate of drug-likeness (QED) is 0.702. The maximum absolute atomic E-state index is 12.8. The van der Waals surface area contributed by atoms with Crippen LogP contribution in [0.2, 0.25) is 0 Å². The van der Waals surface area contributed by atoms with Crippen LogP contribution in [0.3, 0.4) is 0 Å². The molecule has 2 saturated heterocycles. The summed E-state index contributed by atoms with van der Waals surface area (Å²) in [6, 6.07) is 11.9. The Morgan fingerprint density at radius 1 is 1.07 bits per heavy atom. The highest BCUT2D eigenvalue weighted by Crippen LogP contribution is 2.39. The molecule has 3 heterocycles. The number of hydrogen-bond donors (Lipinski definition) is 0. The van der Waals surface area contributed by atoms with Crippen LogP contribution in [0.5, 0.6) is 0 Å². The molecule has 2 aromatic rings. The molecule has 0 bridgehead atoms. The molecular formula is C22H26N2O4S. The fourth-order valence-electron chi connectivity index (χ4n) is 3.77. The topological polar surface area (TPSA) is 59.1 Å². The average molecular weight is 415 g/mol. The van der Waals surface area contributed by atoms with Crippen molar-refractivity contribution in [1.82, 2.24) is 4.90 Å². The minimum atomic E-state index is -0.769. The fourth-order valence-corrected chi connectivity index (χ4v) is 4.89. The molecule has 0 unspecified atom stereocenters. The van der Waals surface area contributed by atoms with Crippen LogP contribution in [-0.4, -0.2) is 62.3 Å². The van der Waals surface area contributed by atoms with Gasteiger partial charge in [-0.15, -0.1) is 11.3 Å². The van der Waals surface area contributed by atoms with E-state index in [-0.39, 0.29) is 5.91 Å². The Morgan fingerprint density at radius 3 is 2.45 bits per heavy atom. The molecular weight excluding hydrogens is 388 g/mol. The molecule has 0 aliphatic carbocycles. The molecule has 2 fully saturated rings. The molecule has 7 heteroatoms. The fraction of sp³-hybridized carbons (Fsp3) is 0.455. The van der Waals surface area contributed by atoms with Crippen LogP contribution in [0.15, 0.2) is 36.4 Å². The lowest BCUT2D eigenvalue weighted by atomic mass is 10.1. The van der Waals surface area contributed by atoms with Crippen molar-refractivity contribution in [3.05, 3.63) is 41.3 Å². The van der Waals surface area contributed by atoms with Gasteiger partial charge in [-0.05, 0) is 31.4 Å². The normalized spacial score (nSPS) is 18.0. The number of rotatable bonds is 5. The lowest BCUT2D eigenvalue weighted by molar-refractivity contribution is -0.138. The zero-order valence-electron chi connectivity index (χ0n) is 16.6. The van der Waals surface area contributed by atoms with Crippen molar-refractivity contribution in [2.45, 2.75) is 25.9 Å². The summed E-state index contributed by atoms with van der Waals surface area (Å²) < 4.78 is 11.0. The van der Waals surface area contributed by atoms with E-state index >= 15 is 0 Å². The second-order valence-corrected chi connectivity index (χ2v) is 8.41. The van der Waals surface area contributed by atoms with Crippen molar-refractivity contribution >= 4 is 28.2 Å². The monoisotopic (exact) mass is 414 g/mol. The van der Waals surface area contributed by atoms with E-state index in [4.69, 9.17) is 9.47 Å². The largest absolute Gasteiger partial charge is 0.448 e. The molecule has 4 rings (SSSR count). The third-order valence-corrected chi connectivity index (χ3v) is 6.52. The van der Waals surface area contributed by atoms with Crippen LogP contribution in [0, 0.1) is 0 Å². The van der Waals surface area contributed by atoms with Crippen molar-refractivity contribution < 1.29 is 19.1 Å². The van der Waals surface area contributed by atoms with Crippen LogP contribution in [0.1, 0.15) is 29.4 Å². The van der Waals surface area contributed by atoms with E-state index in [0.717, 1.165) is 55.1 Å². The van der Waals surface area contributed by atoms with Crippen molar-refractivity contribution in [2.75, 3.05) is 44.3 Å². The Kier molecular flexibility index (Phi) is 6.16. The molecule has 1 aromatic carbocycles. The summed E-state index contributed by atoms with van der Waals surface area (Å²) in [5.74, 6) is -0.546. The van der Waals surface area contributed by atoms with E-state index < -0.39 is 12.1 Å². The van der Waals surface area contributed by atoms with Gasteiger partial charge in [-0.1, -0.05) is 30.3 Å². The van der Waals surface area contributed by atoms with Gasteiger partial charge in [0.05, 0.1) is 18.2 Å². The van der Waals surface area contributed by atoms with Gasteiger partial charge >= 0.3 is 5.97 Å². The second-order valence-electron chi connectivity index (χ2n) is 7.37. The molecule has 0 N–H and O–H groups in total. The molecule has 1 aromatic heterocycles. The molecule has 6 nitrogen and oxygen atoms in total. The van der Waals surface area contributed by atoms with Crippen LogP contribution in [0.25, 0.3) is 11.1 Å². The molecule has 0 spiro atoms. The highest BCUT2D eigenvalue weighted by atomic mass is 32.1. The van der Waals surface area contributed by atoms with Crippen LogP contribution >= 0.6 is 11.3 Å². The first kappa shape index (κ1) is 19.9. The van der Waals surface area contributed by atoms with E-state index in [1.54, 1.807) is 11.8 Å². The number of esters is 1. The summed E-state index contributed by atoms with van der Waals surface area (Å²) in [5, 5.41) is 1.05.